The summed E-state index contributed by atoms with van der Waals surface area (Å²) >= 11 is -2.93. The highest BCUT2D eigenvalue weighted by Crippen LogP contribution is 2.29. The largest absolute Gasteiger partial charge is 0.416 e. The van der Waals surface area contributed by atoms with Gasteiger partial charge in [0.25, 0.3) is 0 Å². The molecule has 0 spiro atoms. The lowest BCUT2D eigenvalue weighted by Gasteiger charge is -2.10. The van der Waals surface area contributed by atoms with Crippen molar-refractivity contribution in [1.82, 2.24) is 0 Å². The lowest BCUT2D eigenvalue weighted by Crippen LogP contribution is -3.85. The minimum absolute atomic E-state index is 0.296. The Morgan fingerprint density at radius 2 is 1.09 bits per heavy atom. The van der Waals surface area contributed by atoms with Crippen LogP contribution >= 0.6 is 0 Å². The predicted octanol–water partition coefficient (Wildman–Crippen LogP) is 3.94. The quantitative estimate of drug-likeness (QED) is 0.392. The van der Waals surface area contributed by atoms with Crippen molar-refractivity contribution < 1.29 is 44.3 Å². The molecule has 33 heavy (non-hydrogen) atoms. The summed E-state index contributed by atoms with van der Waals surface area (Å²) in [5, 5.41) is 0. The Morgan fingerprint density at radius 3 is 1.42 bits per heavy atom. The molecule has 0 fully saturated rings. The van der Waals surface area contributed by atoms with Crippen LogP contribution in [-0.2, 0) is 18.8 Å². The molecule has 8 heteroatoms. The molecular formula is C25H26F3IO3S+. The van der Waals surface area contributed by atoms with Gasteiger partial charge in [0.15, 0.2) is 7.14 Å². The van der Waals surface area contributed by atoms with Crippen LogP contribution in [0.2, 0.25) is 0 Å². The normalized spacial score (nSPS) is 12.7. The van der Waals surface area contributed by atoms with Gasteiger partial charge >= 0.3 is 36.5 Å². The number of alkyl halides is 3. The molecule has 0 saturated heterocycles. The summed E-state index contributed by atoms with van der Waals surface area (Å²) in [5.41, 5.74) is 1.33. The fourth-order valence-electron chi connectivity index (χ4n) is 3.05. The third-order valence-corrected chi connectivity index (χ3v) is 12.4. The van der Waals surface area contributed by atoms with E-state index in [1.807, 2.05) is 48.5 Å². The summed E-state index contributed by atoms with van der Waals surface area (Å²) in [6.45, 7) is 8.28. The third-order valence-electron chi connectivity index (χ3n) is 5.09. The van der Waals surface area contributed by atoms with E-state index in [-0.39, 0.29) is 4.90 Å². The maximum Gasteiger partial charge on any atom is 0.416 e. The van der Waals surface area contributed by atoms with Crippen LogP contribution in [0.15, 0.2) is 77.7 Å². The fourth-order valence-corrected chi connectivity index (χ4v) is 9.94. The van der Waals surface area contributed by atoms with Crippen molar-refractivity contribution in [1.29, 1.82) is 0 Å². The summed E-state index contributed by atoms with van der Waals surface area (Å²) in [4.78, 5) is -0.296. The summed E-state index contributed by atoms with van der Waals surface area (Å²) in [6.07, 6.45) is -4.54. The molecule has 0 amide bonds. The Kier molecular flexibility index (Phi) is 7.91. The molecule has 0 aliphatic rings. The maximum absolute atomic E-state index is 13.0. The molecule has 0 N–H and O–H groups in total. The molecule has 0 bridgehead atoms. The molecule has 177 valence electrons. The number of benzene rings is 3. The van der Waals surface area contributed by atoms with Gasteiger partial charge < -0.3 is 0 Å². The zero-order valence-corrected chi connectivity index (χ0v) is 21.7. The van der Waals surface area contributed by atoms with Crippen molar-refractivity contribution >= 4 is 10.1 Å². The van der Waals surface area contributed by atoms with E-state index < -0.39 is 42.1 Å². The highest BCUT2D eigenvalue weighted by Gasteiger charge is 2.38. The van der Waals surface area contributed by atoms with Gasteiger partial charge in [-0.05, 0) is 74.0 Å². The number of halogens is 4. The molecule has 0 aromatic heterocycles. The molecule has 0 aliphatic carbocycles. The predicted molar refractivity (Wildman–Crippen MR) is 118 cm³/mol. The topological polar surface area (TPSA) is 43.4 Å². The van der Waals surface area contributed by atoms with Crippen molar-refractivity contribution in [2.24, 2.45) is 0 Å². The van der Waals surface area contributed by atoms with E-state index in [2.05, 4.69) is 27.7 Å². The zero-order chi connectivity index (χ0) is 24.4. The second-order valence-electron chi connectivity index (χ2n) is 8.20. The van der Waals surface area contributed by atoms with E-state index in [4.69, 9.17) is 2.51 Å². The first-order valence-electron chi connectivity index (χ1n) is 10.4. The fraction of sp³-hybridized carbons (Fsp3) is 0.280. The van der Waals surface area contributed by atoms with Gasteiger partial charge in [0.1, 0.15) is 0 Å². The van der Waals surface area contributed by atoms with Crippen molar-refractivity contribution in [3.8, 4) is 0 Å². The van der Waals surface area contributed by atoms with E-state index >= 15 is 0 Å². The lowest BCUT2D eigenvalue weighted by molar-refractivity contribution is -1.03. The Balaban J connectivity index is 1.99. The minimum atomic E-state index is -4.54. The van der Waals surface area contributed by atoms with E-state index in [9.17, 15) is 21.6 Å². The van der Waals surface area contributed by atoms with Crippen LogP contribution in [0.4, 0.5) is 13.2 Å². The smallest absolute Gasteiger partial charge is 0.190 e. The molecule has 3 aromatic rings. The van der Waals surface area contributed by atoms with Crippen molar-refractivity contribution in [2.45, 2.75) is 50.6 Å². The van der Waals surface area contributed by atoms with E-state index in [1.165, 1.54) is 0 Å². The van der Waals surface area contributed by atoms with Gasteiger partial charge in [0.2, 0.25) is 0 Å². The molecule has 0 atom stereocenters. The standard InChI is InChI=1S/C25H26F3IO3S/c1-17(2)19-5-11-22(12-6-19)29(23-13-7-20(8-14-23)18(3)4)32-33(30,31)24-15-9-21(10-16-24)25(26,27)28/h5-18H,1-4H3/q+1. The third kappa shape index (κ3) is 6.36. The van der Waals surface area contributed by atoms with Gasteiger partial charge in [-0.2, -0.15) is 21.6 Å². The van der Waals surface area contributed by atoms with E-state index in [0.29, 0.717) is 11.8 Å². The molecule has 3 nitrogen and oxygen atoms in total. The van der Waals surface area contributed by atoms with Crippen LogP contribution in [0.5, 0.6) is 0 Å². The van der Waals surface area contributed by atoms with Crippen molar-refractivity contribution in [3.63, 3.8) is 0 Å². The van der Waals surface area contributed by atoms with Crippen molar-refractivity contribution in [2.75, 3.05) is 0 Å². The highest BCUT2D eigenvalue weighted by molar-refractivity contribution is 7.86. The zero-order valence-electron chi connectivity index (χ0n) is 18.7. The summed E-state index contributed by atoms with van der Waals surface area (Å²) < 4.78 is 72.0. The van der Waals surface area contributed by atoms with Gasteiger partial charge in [-0.3, -0.25) is 0 Å². The number of hydrogen-bond acceptors (Lipinski definition) is 3. The van der Waals surface area contributed by atoms with E-state index in [1.54, 1.807) is 0 Å². The van der Waals surface area contributed by atoms with Crippen LogP contribution in [0.25, 0.3) is 0 Å². The average Bonchev–Trinajstić information content (AvgIpc) is 2.77. The first-order chi connectivity index (χ1) is 15.4. The molecule has 3 rings (SSSR count). The van der Waals surface area contributed by atoms with Crippen LogP contribution in [0.3, 0.4) is 0 Å². The summed E-state index contributed by atoms with van der Waals surface area (Å²) in [7, 11) is -4.27. The Morgan fingerprint density at radius 1 is 0.697 bits per heavy atom. The molecule has 1 radical (unpaired) electrons. The van der Waals surface area contributed by atoms with Gasteiger partial charge in [-0.15, -0.1) is 0 Å². The second-order valence-corrected chi connectivity index (χ2v) is 14.7. The molecule has 0 unspecified atom stereocenters. The maximum atomic E-state index is 13.0. The molecule has 0 saturated carbocycles. The first-order valence-corrected chi connectivity index (χ1v) is 14.9. The second kappa shape index (κ2) is 10.1. The first kappa shape index (κ1) is 25.7. The highest BCUT2D eigenvalue weighted by atomic mass is 127. The van der Waals surface area contributed by atoms with Gasteiger partial charge in [0.05, 0.1) is 10.5 Å². The van der Waals surface area contributed by atoms with Crippen LogP contribution < -0.4 is 20.2 Å². The van der Waals surface area contributed by atoms with Gasteiger partial charge in [-0.25, -0.2) is 0 Å². The van der Waals surface area contributed by atoms with Crippen LogP contribution in [-0.4, -0.2) is 8.42 Å². The Hall–Kier alpha value is -1.91. The lowest BCUT2D eigenvalue weighted by atomic mass is 10.0. The van der Waals surface area contributed by atoms with Crippen LogP contribution in [0, 0.1) is 7.14 Å². The SMILES string of the molecule is CC(C)c1ccc([I+](OS(=O)(=O)c2ccc(C(F)(F)F)cc2)c2ccc(C(C)C)cc2)cc1. The summed E-state index contributed by atoms with van der Waals surface area (Å²) in [6, 6.07) is 18.8. The van der Waals surface area contributed by atoms with Crippen LogP contribution in [0.1, 0.15) is 56.2 Å². The monoisotopic (exact) mass is 590 g/mol. The number of hydrogen-bond donors (Lipinski definition) is 0. The van der Waals surface area contributed by atoms with E-state index in [0.717, 1.165) is 42.5 Å². The molecule has 0 heterocycles. The Bertz CT molecular complexity index is 1120. The minimum Gasteiger partial charge on any atom is -0.190 e. The molecule has 3 aromatic carbocycles. The van der Waals surface area contributed by atoms with Gasteiger partial charge in [-0.1, -0.05) is 52.0 Å². The Labute approximate surface area is 201 Å². The average molecular weight is 590 g/mol. The molecule has 0 aliphatic heterocycles. The van der Waals surface area contributed by atoms with Gasteiger partial charge in [0, 0.05) is 0 Å². The molecular weight excluding hydrogens is 564 g/mol. The summed E-state index contributed by atoms with van der Waals surface area (Å²) in [5.74, 6) is 0.645. The van der Waals surface area contributed by atoms with Crippen molar-refractivity contribution in [3.05, 3.63) is 96.6 Å². The number of rotatable bonds is 7.